The molecule has 5 nitrogen and oxygen atoms in total. The van der Waals surface area contributed by atoms with Crippen LogP contribution in [0.25, 0.3) is 115 Å². The summed E-state index contributed by atoms with van der Waals surface area (Å²) in [6.45, 7) is 0. The monoisotopic (exact) mass is 752 g/mol. The first-order valence-corrected chi connectivity index (χ1v) is 19.3. The number of hydrogen-bond donors (Lipinski definition) is 0. The molecule has 4 aromatic heterocycles. The third kappa shape index (κ3) is 5.04. The first-order chi connectivity index (χ1) is 30.7. The fourth-order valence-electron chi connectivity index (χ4n) is 8.01. The third-order valence-corrected chi connectivity index (χ3v) is 11.8. The molecule has 266 valence electrons. The van der Waals surface area contributed by atoms with Crippen LogP contribution in [0.3, 0.4) is 0 Å². The van der Waals surface area contributed by atoms with Gasteiger partial charge >= 0.3 is 0 Å². The largest absolute Gasteiger partial charge is 0.456 e. The molecule has 0 radical (unpaired) electrons. The quantitative estimate of drug-likeness (QED) is 0.176. The molecule has 0 aliphatic carbocycles. The Bertz CT molecular complexity index is 3830. The third-order valence-electron chi connectivity index (χ3n) is 10.6. The van der Waals surface area contributed by atoms with E-state index in [0.29, 0.717) is 39.9 Å². The second-order valence-corrected chi connectivity index (χ2v) is 14.9. The van der Waals surface area contributed by atoms with Crippen LogP contribution < -0.4 is 0 Å². The molecule has 6 heteroatoms. The summed E-state index contributed by atoms with van der Waals surface area (Å²) < 4.78 is 64.2. The highest BCUT2D eigenvalue weighted by Crippen LogP contribution is 2.43. The molecule has 0 atom stereocenters. The molecular formula is C51H30N4OS. The minimum Gasteiger partial charge on any atom is -0.456 e. The van der Waals surface area contributed by atoms with Crippen LogP contribution in [-0.2, 0) is 0 Å². The molecule has 0 saturated carbocycles. The second-order valence-electron chi connectivity index (χ2n) is 13.9. The number of nitrogens with zero attached hydrogens (tertiary/aromatic N) is 4. The molecule has 12 rings (SSSR count). The summed E-state index contributed by atoms with van der Waals surface area (Å²) in [7, 11) is 0. The Hall–Kier alpha value is -7.41. The molecule has 0 N–H and O–H groups in total. The van der Waals surface area contributed by atoms with E-state index < -0.39 is 0 Å². The van der Waals surface area contributed by atoms with Crippen molar-refractivity contribution in [3.05, 3.63) is 182 Å². The highest BCUT2D eigenvalue weighted by atomic mass is 32.1. The molecule has 0 fully saturated rings. The molecule has 0 bridgehead atoms. The van der Waals surface area contributed by atoms with Gasteiger partial charge in [0.05, 0.1) is 24.9 Å². The van der Waals surface area contributed by atoms with Gasteiger partial charge in [-0.15, -0.1) is 11.3 Å². The molecule has 57 heavy (non-hydrogen) atoms. The molecule has 8 aromatic carbocycles. The van der Waals surface area contributed by atoms with Crippen LogP contribution >= 0.6 is 11.3 Å². The highest BCUT2D eigenvalue weighted by molar-refractivity contribution is 7.26. The normalized spacial score (nSPS) is 13.3. The van der Waals surface area contributed by atoms with Crippen molar-refractivity contribution < 1.29 is 12.6 Å². The number of hydrogen-bond acceptors (Lipinski definition) is 5. The van der Waals surface area contributed by atoms with Crippen molar-refractivity contribution in [3.8, 4) is 51.0 Å². The molecule has 0 amide bonds. The van der Waals surface area contributed by atoms with Gasteiger partial charge in [-0.05, 0) is 59.6 Å². The first kappa shape index (κ1) is 26.4. The maximum atomic E-state index is 9.27. The molecule has 12 aromatic rings. The molecule has 0 spiro atoms. The van der Waals surface area contributed by atoms with Crippen LogP contribution in [0.2, 0.25) is 0 Å². The van der Waals surface area contributed by atoms with E-state index in [1.54, 1.807) is 15.9 Å². The summed E-state index contributed by atoms with van der Waals surface area (Å²) in [5.74, 6) is 1.13. The summed E-state index contributed by atoms with van der Waals surface area (Å²) in [5, 5.41) is 4.61. The summed E-state index contributed by atoms with van der Waals surface area (Å²) in [6, 6.07) is 45.9. The van der Waals surface area contributed by atoms with Crippen LogP contribution in [0.1, 0.15) is 8.22 Å². The van der Waals surface area contributed by atoms with Gasteiger partial charge in [0.25, 0.3) is 0 Å². The summed E-state index contributed by atoms with van der Waals surface area (Å²) in [5.41, 5.74) is 6.32. The molecule has 0 aliphatic heterocycles. The predicted octanol–water partition coefficient (Wildman–Crippen LogP) is 13.9. The van der Waals surface area contributed by atoms with E-state index in [9.17, 15) is 2.74 Å². The Kier molecular flexibility index (Phi) is 5.82. The molecule has 0 saturated heterocycles. The molecule has 4 heterocycles. The number of thiophene rings is 1. The zero-order chi connectivity index (χ0) is 42.7. The number of aromatic nitrogens is 4. The first-order valence-electron chi connectivity index (χ1n) is 21.5. The van der Waals surface area contributed by atoms with Gasteiger partial charge in [-0.2, -0.15) is 0 Å². The maximum Gasteiger partial charge on any atom is 0.166 e. The second kappa shape index (κ2) is 12.6. The topological polar surface area (TPSA) is 56.7 Å². The number of para-hydroxylation sites is 3. The van der Waals surface area contributed by atoms with Crippen LogP contribution in [0.15, 0.2) is 186 Å². The molecule has 0 aliphatic rings. The van der Waals surface area contributed by atoms with E-state index in [-0.39, 0.29) is 58.1 Å². The van der Waals surface area contributed by atoms with Crippen molar-refractivity contribution in [2.75, 3.05) is 0 Å². The number of rotatable bonds is 5. The number of fused-ring (bicyclic) bond motifs is 9. The van der Waals surface area contributed by atoms with E-state index >= 15 is 0 Å². The van der Waals surface area contributed by atoms with E-state index in [4.69, 9.17) is 24.9 Å². The van der Waals surface area contributed by atoms with Gasteiger partial charge in [0.15, 0.2) is 17.5 Å². The zero-order valence-electron chi connectivity index (χ0n) is 36.0. The van der Waals surface area contributed by atoms with Gasteiger partial charge in [0.1, 0.15) is 11.2 Å². The predicted molar refractivity (Wildman–Crippen MR) is 236 cm³/mol. The van der Waals surface area contributed by atoms with Gasteiger partial charge < -0.3 is 8.98 Å². The Morgan fingerprint density at radius 2 is 1.12 bits per heavy atom. The van der Waals surface area contributed by atoms with Crippen LogP contribution in [-0.4, -0.2) is 19.5 Å². The average molecular weight is 753 g/mol. The van der Waals surface area contributed by atoms with E-state index in [1.165, 1.54) is 22.2 Å². The van der Waals surface area contributed by atoms with Gasteiger partial charge in [-0.1, -0.05) is 133 Å². The van der Waals surface area contributed by atoms with Crippen molar-refractivity contribution in [3.63, 3.8) is 0 Å². The number of benzene rings is 8. The minimum atomic E-state index is -0.187. The van der Waals surface area contributed by atoms with Crippen molar-refractivity contribution >= 4 is 75.3 Å². The zero-order valence-corrected chi connectivity index (χ0v) is 30.8. The smallest absolute Gasteiger partial charge is 0.166 e. The molecular weight excluding hydrogens is 717 g/mol. The summed E-state index contributed by atoms with van der Waals surface area (Å²) in [4.78, 5) is 15.5. The highest BCUT2D eigenvalue weighted by Gasteiger charge is 2.21. The van der Waals surface area contributed by atoms with Gasteiger partial charge in [-0.25, -0.2) is 15.0 Å². The van der Waals surface area contributed by atoms with Gasteiger partial charge in [0, 0.05) is 58.4 Å². The fourth-order valence-corrected chi connectivity index (χ4v) is 9.25. The van der Waals surface area contributed by atoms with E-state index in [1.807, 2.05) is 103 Å². The Morgan fingerprint density at radius 3 is 1.95 bits per heavy atom. The van der Waals surface area contributed by atoms with Gasteiger partial charge in [0.2, 0.25) is 0 Å². The van der Waals surface area contributed by atoms with E-state index in [2.05, 4.69) is 30.3 Å². The van der Waals surface area contributed by atoms with Crippen LogP contribution in [0, 0.1) is 0 Å². The SMILES string of the molecule is [2H]c1cc([2H])c2c(c1[2H])c1c([2H])c([2H])cc([2H])c1n2-c1ccc(-c2cccc3c2sc2ccccc23)cc1-c1nc(-c2ccccc2)nc(-c2ccc3c(c2)oc2ccccc23)n1. The maximum absolute atomic E-state index is 9.27. The van der Waals surface area contributed by atoms with Crippen LogP contribution in [0.4, 0.5) is 0 Å². The number of furan rings is 1. The standard InChI is InChI=1S/C51H30N4OS/c1-2-13-31(14-3-1)49-52-50(33-25-27-38-37-17-6-10-23-45(37)56-46(38)30-33)54-51(53-49)41-29-32(34-19-12-20-40-39-18-7-11-24-47(39)57-48(34)40)26-28-44(41)55-42-21-8-4-15-35(42)36-16-5-9-22-43(36)55/h1-30H/i4D,5D,15D,16D,21D,22D. The fraction of sp³-hybridized carbons (Fsp3) is 0. The van der Waals surface area contributed by atoms with Crippen molar-refractivity contribution in [2.45, 2.75) is 0 Å². The van der Waals surface area contributed by atoms with Crippen molar-refractivity contribution in [2.24, 2.45) is 0 Å². The lowest BCUT2D eigenvalue weighted by atomic mass is 9.99. The Morgan fingerprint density at radius 1 is 0.456 bits per heavy atom. The Balaban J connectivity index is 1.20. The van der Waals surface area contributed by atoms with Gasteiger partial charge in [-0.3, -0.25) is 0 Å². The van der Waals surface area contributed by atoms with E-state index in [0.717, 1.165) is 43.1 Å². The lowest BCUT2D eigenvalue weighted by Crippen LogP contribution is -2.04. The minimum absolute atomic E-state index is 0.0574. The summed E-state index contributed by atoms with van der Waals surface area (Å²) in [6.07, 6.45) is 0. The Labute approximate surface area is 339 Å². The lowest BCUT2D eigenvalue weighted by Gasteiger charge is -2.16. The average Bonchev–Trinajstić information content (AvgIpc) is 4.00. The summed E-state index contributed by atoms with van der Waals surface area (Å²) >= 11 is 1.72. The van der Waals surface area contributed by atoms with Crippen LogP contribution in [0.5, 0.6) is 0 Å². The van der Waals surface area contributed by atoms with Crippen molar-refractivity contribution in [1.82, 2.24) is 19.5 Å². The lowest BCUT2D eigenvalue weighted by molar-refractivity contribution is 0.669. The molecule has 0 unspecified atom stereocenters. The van der Waals surface area contributed by atoms with Crippen molar-refractivity contribution in [1.29, 1.82) is 0 Å².